The summed E-state index contributed by atoms with van der Waals surface area (Å²) in [4.78, 5) is 6.66. The Labute approximate surface area is 143 Å². The van der Waals surface area contributed by atoms with Crippen LogP contribution in [-0.4, -0.2) is 39.2 Å². The van der Waals surface area contributed by atoms with Gasteiger partial charge < -0.3 is 10.2 Å². The van der Waals surface area contributed by atoms with Gasteiger partial charge in [0.05, 0.1) is 11.6 Å². The zero-order valence-electron chi connectivity index (χ0n) is 14.4. The zero-order valence-corrected chi connectivity index (χ0v) is 14.4. The topological polar surface area (TPSA) is 56.6 Å². The van der Waals surface area contributed by atoms with Gasteiger partial charge in [0.25, 0.3) is 0 Å². The van der Waals surface area contributed by atoms with Crippen molar-refractivity contribution in [2.75, 3.05) is 13.1 Å². The molecule has 2 heterocycles. The number of piperidine rings is 1. The van der Waals surface area contributed by atoms with E-state index in [-0.39, 0.29) is 11.8 Å². The average Bonchev–Trinajstić information content (AvgIpc) is 2.60. The number of rotatable bonds is 4. The Bertz CT molecular complexity index is 731. The number of hydrogen-bond acceptors (Lipinski definition) is 4. The second-order valence-electron chi connectivity index (χ2n) is 6.95. The highest BCUT2D eigenvalue weighted by Gasteiger charge is 2.31. The summed E-state index contributed by atoms with van der Waals surface area (Å²) >= 11 is 0. The predicted molar refractivity (Wildman–Crippen MR) is 96.9 cm³/mol. The molecule has 1 aliphatic heterocycles. The highest BCUT2D eigenvalue weighted by molar-refractivity contribution is 5.83. The summed E-state index contributed by atoms with van der Waals surface area (Å²) in [5, 5.41) is 21.6. The molecule has 1 aromatic heterocycles. The molecule has 1 saturated heterocycles. The molecule has 0 saturated carbocycles. The molecule has 4 heteroatoms. The van der Waals surface area contributed by atoms with Crippen LogP contribution in [0.2, 0.25) is 0 Å². The molecule has 4 atom stereocenters. The first-order chi connectivity index (χ1) is 11.5. The van der Waals surface area contributed by atoms with Crippen molar-refractivity contribution in [1.82, 2.24) is 9.88 Å². The monoisotopic (exact) mass is 326 g/mol. The minimum absolute atomic E-state index is 0.00658. The number of benzene rings is 1. The first-order valence-corrected chi connectivity index (χ1v) is 8.63. The molecule has 0 spiro atoms. The minimum Gasteiger partial charge on any atom is -0.508 e. The van der Waals surface area contributed by atoms with Crippen molar-refractivity contribution in [1.29, 1.82) is 0 Å². The van der Waals surface area contributed by atoms with E-state index >= 15 is 0 Å². The molecule has 1 fully saturated rings. The Kier molecular flexibility index (Phi) is 4.88. The first kappa shape index (κ1) is 16.9. The number of nitrogens with zero attached hydrogens (tertiary/aromatic N) is 2. The summed E-state index contributed by atoms with van der Waals surface area (Å²) in [6.45, 7) is 10.2. The fourth-order valence-corrected chi connectivity index (χ4v) is 3.68. The lowest BCUT2D eigenvalue weighted by Crippen LogP contribution is -2.46. The van der Waals surface area contributed by atoms with Gasteiger partial charge in [-0.2, -0.15) is 0 Å². The van der Waals surface area contributed by atoms with Gasteiger partial charge in [0, 0.05) is 24.2 Å². The number of aromatic hydroxyl groups is 1. The van der Waals surface area contributed by atoms with Gasteiger partial charge in [0.2, 0.25) is 0 Å². The van der Waals surface area contributed by atoms with Crippen LogP contribution in [0.15, 0.2) is 43.1 Å². The number of phenolic OH excluding ortho intramolecular Hbond substituents is 1. The summed E-state index contributed by atoms with van der Waals surface area (Å²) in [5.41, 5.74) is 1.60. The smallest absolute Gasteiger partial charge is 0.116 e. The third-order valence-corrected chi connectivity index (χ3v) is 5.46. The van der Waals surface area contributed by atoms with E-state index in [0.717, 1.165) is 36.0 Å². The van der Waals surface area contributed by atoms with Crippen molar-refractivity contribution < 1.29 is 10.2 Å². The van der Waals surface area contributed by atoms with E-state index in [1.807, 2.05) is 12.1 Å². The number of aliphatic hydroxyl groups is 1. The number of aliphatic hydroxyl groups excluding tert-OH is 1. The molecule has 1 aliphatic rings. The van der Waals surface area contributed by atoms with Crippen LogP contribution >= 0.6 is 0 Å². The lowest BCUT2D eigenvalue weighted by Gasteiger charge is -2.40. The van der Waals surface area contributed by atoms with Gasteiger partial charge in [-0.3, -0.25) is 9.88 Å². The summed E-state index contributed by atoms with van der Waals surface area (Å²) in [7, 11) is 0. The number of phenols is 1. The molecule has 24 heavy (non-hydrogen) atoms. The van der Waals surface area contributed by atoms with Gasteiger partial charge in [-0.15, -0.1) is 6.58 Å². The molecule has 3 rings (SSSR count). The summed E-state index contributed by atoms with van der Waals surface area (Å²) in [6, 6.07) is 6.92. The Balaban J connectivity index is 1.87. The lowest BCUT2D eigenvalue weighted by molar-refractivity contribution is 0.0277. The molecule has 2 N–H and O–H groups in total. The molecule has 0 aliphatic carbocycles. The van der Waals surface area contributed by atoms with Gasteiger partial charge in [0.1, 0.15) is 5.75 Å². The van der Waals surface area contributed by atoms with Crippen LogP contribution in [0.4, 0.5) is 0 Å². The predicted octanol–water partition coefficient (Wildman–Crippen LogP) is 3.51. The maximum absolute atomic E-state index is 11.0. The summed E-state index contributed by atoms with van der Waals surface area (Å²) in [6.07, 6.45) is 4.24. The number of pyridine rings is 1. The van der Waals surface area contributed by atoms with E-state index in [2.05, 4.69) is 30.3 Å². The molecule has 1 aromatic carbocycles. The van der Waals surface area contributed by atoms with Crippen LogP contribution in [0.3, 0.4) is 0 Å². The van der Waals surface area contributed by atoms with Gasteiger partial charge in [-0.1, -0.05) is 13.0 Å². The van der Waals surface area contributed by atoms with Gasteiger partial charge in [-0.05, 0) is 61.6 Å². The summed E-state index contributed by atoms with van der Waals surface area (Å²) in [5.74, 6) is 1.29. The maximum atomic E-state index is 11.0. The second-order valence-corrected chi connectivity index (χ2v) is 6.95. The zero-order chi connectivity index (χ0) is 17.3. The average molecular weight is 326 g/mol. The van der Waals surface area contributed by atoms with Crippen molar-refractivity contribution in [2.24, 2.45) is 11.8 Å². The molecule has 3 unspecified atom stereocenters. The lowest BCUT2D eigenvalue weighted by atomic mass is 9.85. The van der Waals surface area contributed by atoms with Crippen LogP contribution in [0.5, 0.6) is 5.75 Å². The van der Waals surface area contributed by atoms with E-state index in [4.69, 9.17) is 0 Å². The Morgan fingerprint density at radius 2 is 2.17 bits per heavy atom. The van der Waals surface area contributed by atoms with Crippen molar-refractivity contribution in [2.45, 2.75) is 32.4 Å². The molecule has 128 valence electrons. The van der Waals surface area contributed by atoms with Crippen molar-refractivity contribution in [3.63, 3.8) is 0 Å². The normalized spacial score (nSPS) is 24.6. The highest BCUT2D eigenvalue weighted by atomic mass is 16.3. The van der Waals surface area contributed by atoms with E-state index in [1.54, 1.807) is 24.4 Å². The number of fused-ring (bicyclic) bond motifs is 1. The Morgan fingerprint density at radius 3 is 2.92 bits per heavy atom. The molecular weight excluding hydrogens is 300 g/mol. The van der Waals surface area contributed by atoms with Crippen LogP contribution in [0.25, 0.3) is 10.9 Å². The van der Waals surface area contributed by atoms with Crippen LogP contribution < -0.4 is 0 Å². The maximum Gasteiger partial charge on any atom is 0.116 e. The Morgan fingerprint density at radius 1 is 1.38 bits per heavy atom. The number of likely N-dealkylation sites (tertiary alicyclic amines) is 1. The van der Waals surface area contributed by atoms with E-state index in [0.29, 0.717) is 11.8 Å². The van der Waals surface area contributed by atoms with Crippen molar-refractivity contribution >= 4 is 10.9 Å². The van der Waals surface area contributed by atoms with Crippen LogP contribution in [0.1, 0.15) is 31.9 Å². The minimum atomic E-state index is -0.629. The van der Waals surface area contributed by atoms with Gasteiger partial charge >= 0.3 is 0 Å². The van der Waals surface area contributed by atoms with Gasteiger partial charge in [-0.25, -0.2) is 0 Å². The molecule has 0 amide bonds. The standard InChI is InChI=1S/C20H26N2O2/c1-4-15-12-22(10-8-13(15)2)14(3)20(24)17-7-9-21-19-6-5-16(23)11-18(17)19/h4-7,9,11,13-15,20,23-24H,1,8,10,12H2,2-3H3/t13?,14?,15?,20-/m0/s1. The molecular formula is C20H26N2O2. The molecule has 0 bridgehead atoms. The third kappa shape index (κ3) is 3.17. The SMILES string of the molecule is C=CC1CN(C(C)[C@H](O)c2ccnc3ccc(O)cc23)CCC1C. The van der Waals surface area contributed by atoms with Crippen molar-refractivity contribution in [3.8, 4) is 5.75 Å². The molecule has 4 nitrogen and oxygen atoms in total. The largest absolute Gasteiger partial charge is 0.508 e. The van der Waals surface area contributed by atoms with Crippen LogP contribution in [0, 0.1) is 11.8 Å². The fraction of sp³-hybridized carbons (Fsp3) is 0.450. The van der Waals surface area contributed by atoms with E-state index in [1.165, 1.54) is 0 Å². The van der Waals surface area contributed by atoms with Crippen LogP contribution in [-0.2, 0) is 0 Å². The van der Waals surface area contributed by atoms with E-state index in [9.17, 15) is 10.2 Å². The Hall–Kier alpha value is -1.91. The third-order valence-electron chi connectivity index (χ3n) is 5.46. The molecule has 2 aromatic rings. The second kappa shape index (κ2) is 6.91. The molecule has 0 radical (unpaired) electrons. The summed E-state index contributed by atoms with van der Waals surface area (Å²) < 4.78 is 0. The highest BCUT2D eigenvalue weighted by Crippen LogP contribution is 2.32. The van der Waals surface area contributed by atoms with Gasteiger partial charge in [0.15, 0.2) is 0 Å². The first-order valence-electron chi connectivity index (χ1n) is 8.63. The van der Waals surface area contributed by atoms with E-state index < -0.39 is 6.10 Å². The number of aromatic nitrogens is 1. The van der Waals surface area contributed by atoms with Crippen molar-refractivity contribution in [3.05, 3.63) is 48.7 Å². The fourth-order valence-electron chi connectivity index (χ4n) is 3.68. The number of hydrogen-bond donors (Lipinski definition) is 2. The quantitative estimate of drug-likeness (QED) is 0.844.